The zero-order valence-corrected chi connectivity index (χ0v) is 15.6. The van der Waals surface area contributed by atoms with Crippen LogP contribution in [-0.2, 0) is 0 Å². The number of nitrogens with one attached hydrogen (secondary N) is 1. The van der Waals surface area contributed by atoms with Gasteiger partial charge in [-0.25, -0.2) is 19.0 Å². The summed E-state index contributed by atoms with van der Waals surface area (Å²) in [6.07, 6.45) is 0. The molecule has 2 amide bonds. The molecule has 0 spiro atoms. The standard InChI is InChI=1S/C19H21FN4O4/c1-12-15(18(25)26)11-16(17(21-12)28-2)22-19(27)24-8-6-23(7-9-24)14-5-3-4-13(20)10-14/h3-5,10-11H,6-9H2,1-2H3,(H,22,27)(H,25,26). The van der Waals surface area contributed by atoms with E-state index < -0.39 is 5.97 Å². The van der Waals surface area contributed by atoms with Crippen LogP contribution in [0.25, 0.3) is 0 Å². The van der Waals surface area contributed by atoms with E-state index >= 15 is 0 Å². The van der Waals surface area contributed by atoms with Crippen LogP contribution in [0.1, 0.15) is 16.1 Å². The molecule has 2 N–H and O–H groups in total. The Morgan fingerprint density at radius 1 is 1.21 bits per heavy atom. The second-order valence-corrected chi connectivity index (χ2v) is 6.37. The Morgan fingerprint density at radius 3 is 2.54 bits per heavy atom. The lowest BCUT2D eigenvalue weighted by Gasteiger charge is -2.36. The molecular weight excluding hydrogens is 367 g/mol. The molecule has 8 nitrogen and oxygen atoms in total. The Hall–Kier alpha value is -3.36. The number of aromatic nitrogens is 1. The molecule has 2 aromatic rings. The van der Waals surface area contributed by atoms with Gasteiger partial charge in [-0.05, 0) is 31.2 Å². The summed E-state index contributed by atoms with van der Waals surface area (Å²) in [6, 6.07) is 7.30. The Labute approximate surface area is 161 Å². The molecule has 1 aromatic carbocycles. The highest BCUT2D eigenvalue weighted by Gasteiger charge is 2.23. The van der Waals surface area contributed by atoms with E-state index in [4.69, 9.17) is 4.74 Å². The minimum absolute atomic E-state index is 0.00739. The number of carbonyl (C=O) groups is 2. The van der Waals surface area contributed by atoms with Crippen LogP contribution in [0.15, 0.2) is 30.3 Å². The minimum Gasteiger partial charge on any atom is -0.480 e. The Kier molecular flexibility index (Phi) is 5.62. The van der Waals surface area contributed by atoms with Gasteiger partial charge in [-0.3, -0.25) is 0 Å². The number of aryl methyl sites for hydroxylation is 1. The molecule has 0 radical (unpaired) electrons. The normalized spacial score (nSPS) is 14.0. The van der Waals surface area contributed by atoms with Gasteiger partial charge in [0.2, 0.25) is 5.88 Å². The van der Waals surface area contributed by atoms with Crippen molar-refractivity contribution < 1.29 is 23.8 Å². The van der Waals surface area contributed by atoms with E-state index in [0.717, 1.165) is 5.69 Å². The second-order valence-electron chi connectivity index (χ2n) is 6.37. The number of urea groups is 1. The molecule has 1 aliphatic heterocycles. The van der Waals surface area contributed by atoms with Crippen molar-refractivity contribution in [2.24, 2.45) is 0 Å². The van der Waals surface area contributed by atoms with Crippen molar-refractivity contribution >= 4 is 23.4 Å². The third-order valence-corrected chi connectivity index (χ3v) is 4.58. The van der Waals surface area contributed by atoms with Gasteiger partial charge >= 0.3 is 12.0 Å². The van der Waals surface area contributed by atoms with Gasteiger partial charge in [0.1, 0.15) is 11.5 Å². The monoisotopic (exact) mass is 388 g/mol. The molecule has 0 saturated carbocycles. The number of aromatic carboxylic acids is 1. The highest BCUT2D eigenvalue weighted by atomic mass is 19.1. The maximum Gasteiger partial charge on any atom is 0.337 e. The molecule has 0 aliphatic carbocycles. The predicted octanol–water partition coefficient (Wildman–Crippen LogP) is 2.59. The van der Waals surface area contributed by atoms with Crippen molar-refractivity contribution in [1.82, 2.24) is 9.88 Å². The number of ether oxygens (including phenoxy) is 1. The van der Waals surface area contributed by atoms with Gasteiger partial charge in [0.15, 0.2) is 0 Å². The lowest BCUT2D eigenvalue weighted by Crippen LogP contribution is -2.50. The average molecular weight is 388 g/mol. The first-order valence-corrected chi connectivity index (χ1v) is 8.74. The smallest absolute Gasteiger partial charge is 0.337 e. The molecule has 3 rings (SSSR count). The number of benzene rings is 1. The Balaban J connectivity index is 1.68. The number of nitrogens with zero attached hydrogens (tertiary/aromatic N) is 3. The summed E-state index contributed by atoms with van der Waals surface area (Å²) in [6.45, 7) is 3.55. The quantitative estimate of drug-likeness (QED) is 0.836. The predicted molar refractivity (Wildman–Crippen MR) is 102 cm³/mol. The van der Waals surface area contributed by atoms with Crippen LogP contribution >= 0.6 is 0 Å². The van der Waals surface area contributed by atoms with Gasteiger partial charge in [-0.2, -0.15) is 0 Å². The molecule has 2 heterocycles. The number of carboxylic acids is 1. The molecule has 28 heavy (non-hydrogen) atoms. The number of carbonyl (C=O) groups excluding carboxylic acids is 1. The third kappa shape index (κ3) is 4.13. The minimum atomic E-state index is -1.13. The molecule has 1 saturated heterocycles. The number of amides is 2. The zero-order chi connectivity index (χ0) is 20.3. The number of carboxylic acid groups (broad SMARTS) is 1. The fraction of sp³-hybridized carbons (Fsp3) is 0.316. The third-order valence-electron chi connectivity index (χ3n) is 4.58. The maximum atomic E-state index is 13.4. The Morgan fingerprint density at radius 2 is 1.93 bits per heavy atom. The number of hydrogen-bond acceptors (Lipinski definition) is 5. The van der Waals surface area contributed by atoms with Crippen molar-refractivity contribution in [2.75, 3.05) is 43.5 Å². The van der Waals surface area contributed by atoms with Crippen LogP contribution in [0.4, 0.5) is 20.6 Å². The first kappa shape index (κ1) is 19.4. The van der Waals surface area contributed by atoms with Crippen molar-refractivity contribution in [1.29, 1.82) is 0 Å². The summed E-state index contributed by atoms with van der Waals surface area (Å²) in [5, 5.41) is 11.9. The summed E-state index contributed by atoms with van der Waals surface area (Å²) in [7, 11) is 1.40. The van der Waals surface area contributed by atoms with E-state index in [1.807, 2.05) is 11.0 Å². The van der Waals surface area contributed by atoms with E-state index in [9.17, 15) is 19.1 Å². The molecule has 1 aromatic heterocycles. The lowest BCUT2D eigenvalue weighted by molar-refractivity contribution is 0.0695. The summed E-state index contributed by atoms with van der Waals surface area (Å²) in [5.41, 5.74) is 1.26. The summed E-state index contributed by atoms with van der Waals surface area (Å²) in [5.74, 6) is -1.29. The Bertz CT molecular complexity index is 897. The van der Waals surface area contributed by atoms with Crippen molar-refractivity contribution in [2.45, 2.75) is 6.92 Å². The van der Waals surface area contributed by atoms with Crippen molar-refractivity contribution in [3.05, 3.63) is 47.4 Å². The number of piperazine rings is 1. The highest BCUT2D eigenvalue weighted by Crippen LogP contribution is 2.26. The highest BCUT2D eigenvalue weighted by molar-refractivity contribution is 5.95. The maximum absolute atomic E-state index is 13.4. The van der Waals surface area contributed by atoms with Crippen LogP contribution in [0.2, 0.25) is 0 Å². The molecule has 0 atom stereocenters. The molecule has 148 valence electrons. The summed E-state index contributed by atoms with van der Waals surface area (Å²) < 4.78 is 18.6. The van der Waals surface area contributed by atoms with Crippen molar-refractivity contribution in [3.8, 4) is 5.88 Å². The van der Waals surface area contributed by atoms with Crippen LogP contribution in [0, 0.1) is 12.7 Å². The molecule has 9 heteroatoms. The molecule has 1 aliphatic rings. The van der Waals surface area contributed by atoms with E-state index in [0.29, 0.717) is 31.9 Å². The number of anilines is 2. The van der Waals surface area contributed by atoms with E-state index in [2.05, 4.69) is 10.3 Å². The van der Waals surface area contributed by atoms with Gasteiger partial charge in [-0.1, -0.05) is 6.07 Å². The summed E-state index contributed by atoms with van der Waals surface area (Å²) >= 11 is 0. The van der Waals surface area contributed by atoms with Gasteiger partial charge in [-0.15, -0.1) is 0 Å². The van der Waals surface area contributed by atoms with Gasteiger partial charge < -0.3 is 25.0 Å². The number of methoxy groups -OCH3 is 1. The van der Waals surface area contributed by atoms with Crippen molar-refractivity contribution in [3.63, 3.8) is 0 Å². The van der Waals surface area contributed by atoms with E-state index in [1.54, 1.807) is 17.9 Å². The van der Waals surface area contributed by atoms with Crippen LogP contribution < -0.4 is 15.0 Å². The van der Waals surface area contributed by atoms with Crippen LogP contribution in [0.5, 0.6) is 5.88 Å². The zero-order valence-electron chi connectivity index (χ0n) is 15.6. The van der Waals surface area contributed by atoms with E-state index in [1.165, 1.54) is 25.3 Å². The SMILES string of the molecule is COc1nc(C)c(C(=O)O)cc1NC(=O)N1CCN(c2cccc(F)c2)CC1. The summed E-state index contributed by atoms with van der Waals surface area (Å²) in [4.78, 5) is 31.6. The topological polar surface area (TPSA) is 95.0 Å². The number of hydrogen-bond donors (Lipinski definition) is 2. The van der Waals surface area contributed by atoms with Gasteiger partial charge in [0, 0.05) is 31.9 Å². The van der Waals surface area contributed by atoms with E-state index in [-0.39, 0.29) is 29.0 Å². The van der Waals surface area contributed by atoms with Gasteiger partial charge in [0.05, 0.1) is 18.4 Å². The largest absolute Gasteiger partial charge is 0.480 e. The number of pyridine rings is 1. The average Bonchev–Trinajstić information content (AvgIpc) is 2.68. The van der Waals surface area contributed by atoms with Crippen LogP contribution in [0.3, 0.4) is 0 Å². The second kappa shape index (κ2) is 8.12. The number of halogens is 1. The van der Waals surface area contributed by atoms with Gasteiger partial charge in [0.25, 0.3) is 0 Å². The fourth-order valence-corrected chi connectivity index (χ4v) is 3.08. The number of rotatable bonds is 4. The molecular formula is C19H21FN4O4. The fourth-order valence-electron chi connectivity index (χ4n) is 3.08. The van der Waals surface area contributed by atoms with Crippen LogP contribution in [-0.4, -0.2) is 60.3 Å². The first-order chi connectivity index (χ1) is 13.4. The first-order valence-electron chi connectivity index (χ1n) is 8.74. The molecule has 1 fully saturated rings. The lowest BCUT2D eigenvalue weighted by atomic mass is 10.2. The molecule has 0 bridgehead atoms. The molecule has 0 unspecified atom stereocenters.